The Morgan fingerprint density at radius 3 is 2.61 bits per heavy atom. The van der Waals surface area contributed by atoms with E-state index in [-0.39, 0.29) is 24.3 Å². The minimum atomic E-state index is -0.347. The van der Waals surface area contributed by atoms with Crippen LogP contribution in [0.4, 0.5) is 0 Å². The summed E-state index contributed by atoms with van der Waals surface area (Å²) in [5, 5.41) is 5.50. The molecule has 0 radical (unpaired) electrons. The van der Waals surface area contributed by atoms with E-state index in [1.54, 1.807) is 12.1 Å². The van der Waals surface area contributed by atoms with Crippen LogP contribution >= 0.6 is 22.9 Å². The zero-order valence-electron chi connectivity index (χ0n) is 12.8. The molecule has 1 N–H and O–H groups in total. The highest BCUT2D eigenvalue weighted by Crippen LogP contribution is 2.22. The second kappa shape index (κ2) is 8.70. The van der Waals surface area contributed by atoms with Crippen LogP contribution in [-0.4, -0.2) is 19.0 Å². The molecule has 0 bridgehead atoms. The van der Waals surface area contributed by atoms with Gasteiger partial charge in [-0.15, -0.1) is 11.3 Å². The van der Waals surface area contributed by atoms with E-state index in [0.717, 1.165) is 10.4 Å². The van der Waals surface area contributed by atoms with Crippen molar-refractivity contribution in [2.75, 3.05) is 7.11 Å². The van der Waals surface area contributed by atoms with Crippen molar-refractivity contribution in [3.8, 4) is 0 Å². The first-order valence-electron chi connectivity index (χ1n) is 7.22. The predicted octanol–water partition coefficient (Wildman–Crippen LogP) is 3.75. The highest BCUT2D eigenvalue weighted by molar-refractivity contribution is 7.10. The van der Waals surface area contributed by atoms with Crippen LogP contribution in [0, 0.1) is 0 Å². The van der Waals surface area contributed by atoms with Gasteiger partial charge in [0.05, 0.1) is 19.6 Å². The number of hydrogen-bond acceptors (Lipinski definition) is 4. The van der Waals surface area contributed by atoms with Gasteiger partial charge in [-0.05, 0) is 35.6 Å². The molecule has 4 nitrogen and oxygen atoms in total. The summed E-state index contributed by atoms with van der Waals surface area (Å²) in [7, 11) is 1.34. The summed E-state index contributed by atoms with van der Waals surface area (Å²) in [6.45, 7) is 0. The highest BCUT2D eigenvalue weighted by Gasteiger charge is 2.19. The molecule has 1 aromatic carbocycles. The molecular formula is C17H18ClNO3S. The van der Waals surface area contributed by atoms with Crippen molar-refractivity contribution in [3.05, 3.63) is 57.2 Å². The smallest absolute Gasteiger partial charge is 0.307 e. The van der Waals surface area contributed by atoms with E-state index in [2.05, 4.69) is 5.32 Å². The molecule has 1 unspecified atom stereocenters. The molecule has 0 saturated carbocycles. The number of aryl methyl sites for hydroxylation is 1. The van der Waals surface area contributed by atoms with Crippen molar-refractivity contribution >= 4 is 34.8 Å². The third kappa shape index (κ3) is 5.69. The zero-order chi connectivity index (χ0) is 16.7. The van der Waals surface area contributed by atoms with Gasteiger partial charge in [-0.25, -0.2) is 0 Å². The van der Waals surface area contributed by atoms with Crippen LogP contribution in [0.5, 0.6) is 0 Å². The fourth-order valence-electron chi connectivity index (χ4n) is 2.14. The highest BCUT2D eigenvalue weighted by atomic mass is 35.5. The van der Waals surface area contributed by atoms with Gasteiger partial charge in [0.1, 0.15) is 0 Å². The normalized spacial score (nSPS) is 11.7. The Kier molecular flexibility index (Phi) is 6.62. The van der Waals surface area contributed by atoms with Gasteiger partial charge >= 0.3 is 5.97 Å². The Balaban J connectivity index is 1.91. The maximum Gasteiger partial charge on any atom is 0.307 e. The van der Waals surface area contributed by atoms with E-state index >= 15 is 0 Å². The number of methoxy groups -OCH3 is 1. The first-order chi connectivity index (χ1) is 11.1. The van der Waals surface area contributed by atoms with Crippen LogP contribution in [0.25, 0.3) is 0 Å². The summed E-state index contributed by atoms with van der Waals surface area (Å²) in [5.74, 6) is -0.441. The number of thiophene rings is 1. The van der Waals surface area contributed by atoms with Gasteiger partial charge in [0.2, 0.25) is 5.91 Å². The lowest BCUT2D eigenvalue weighted by Crippen LogP contribution is -2.30. The van der Waals surface area contributed by atoms with Gasteiger partial charge in [0, 0.05) is 16.3 Å². The summed E-state index contributed by atoms with van der Waals surface area (Å²) >= 11 is 7.34. The number of halogens is 1. The second-order valence-corrected chi connectivity index (χ2v) is 6.46. The van der Waals surface area contributed by atoms with E-state index < -0.39 is 0 Å². The number of hydrogen-bond donors (Lipinski definition) is 1. The molecule has 0 saturated heterocycles. The Bertz CT molecular complexity index is 640. The van der Waals surface area contributed by atoms with Crippen LogP contribution in [-0.2, 0) is 20.7 Å². The minimum Gasteiger partial charge on any atom is -0.469 e. The average molecular weight is 352 g/mol. The average Bonchev–Trinajstić information content (AvgIpc) is 3.08. The molecule has 0 aliphatic rings. The molecule has 0 fully saturated rings. The first kappa shape index (κ1) is 17.5. The summed E-state index contributed by atoms with van der Waals surface area (Å²) in [4.78, 5) is 24.6. The van der Waals surface area contributed by atoms with Gasteiger partial charge in [-0.1, -0.05) is 29.8 Å². The Labute approximate surface area is 144 Å². The van der Waals surface area contributed by atoms with Crippen LogP contribution in [0.1, 0.15) is 29.3 Å². The maximum absolute atomic E-state index is 12.2. The van der Waals surface area contributed by atoms with Gasteiger partial charge < -0.3 is 10.1 Å². The fraction of sp³-hybridized carbons (Fsp3) is 0.294. The molecule has 23 heavy (non-hydrogen) atoms. The molecule has 0 spiro atoms. The molecule has 1 amide bonds. The van der Waals surface area contributed by atoms with Crippen molar-refractivity contribution in [1.29, 1.82) is 0 Å². The molecular weight excluding hydrogens is 334 g/mol. The molecule has 2 rings (SSSR count). The minimum absolute atomic E-state index is 0.0951. The van der Waals surface area contributed by atoms with Crippen molar-refractivity contribution in [1.82, 2.24) is 5.32 Å². The van der Waals surface area contributed by atoms with Crippen LogP contribution in [0.3, 0.4) is 0 Å². The van der Waals surface area contributed by atoms with Crippen LogP contribution < -0.4 is 5.32 Å². The lowest BCUT2D eigenvalue weighted by atomic mass is 10.1. The van der Waals surface area contributed by atoms with Gasteiger partial charge in [-0.3, -0.25) is 9.59 Å². The first-order valence-corrected chi connectivity index (χ1v) is 8.48. The maximum atomic E-state index is 12.2. The molecule has 2 aromatic rings. The molecule has 0 aliphatic carbocycles. The predicted molar refractivity (Wildman–Crippen MR) is 91.6 cm³/mol. The number of esters is 1. The fourth-order valence-corrected chi connectivity index (χ4v) is 3.04. The number of amides is 1. The topological polar surface area (TPSA) is 55.4 Å². The van der Waals surface area contributed by atoms with Crippen molar-refractivity contribution in [2.24, 2.45) is 0 Å². The summed E-state index contributed by atoms with van der Waals surface area (Å²) in [5.41, 5.74) is 1.05. The molecule has 1 atom stereocenters. The van der Waals surface area contributed by atoms with Crippen molar-refractivity contribution in [3.63, 3.8) is 0 Å². The second-order valence-electron chi connectivity index (χ2n) is 5.04. The molecule has 1 aromatic heterocycles. The quantitative estimate of drug-likeness (QED) is 0.773. The monoisotopic (exact) mass is 351 g/mol. The molecule has 122 valence electrons. The molecule has 0 aliphatic heterocycles. The zero-order valence-corrected chi connectivity index (χ0v) is 14.3. The van der Waals surface area contributed by atoms with Crippen LogP contribution in [0.2, 0.25) is 5.02 Å². The van der Waals surface area contributed by atoms with E-state index in [4.69, 9.17) is 16.3 Å². The number of rotatable bonds is 7. The summed E-state index contributed by atoms with van der Waals surface area (Å²) in [6, 6.07) is 10.9. The number of carbonyl (C=O) groups excluding carboxylic acids is 2. The molecule has 1 heterocycles. The van der Waals surface area contributed by atoms with Gasteiger partial charge in [0.15, 0.2) is 0 Å². The Hall–Kier alpha value is -1.85. The van der Waals surface area contributed by atoms with E-state index in [1.807, 2.05) is 29.6 Å². The van der Waals surface area contributed by atoms with E-state index in [0.29, 0.717) is 17.9 Å². The lowest BCUT2D eigenvalue weighted by molar-refractivity contribution is -0.141. The van der Waals surface area contributed by atoms with Crippen LogP contribution in [0.15, 0.2) is 41.8 Å². The number of nitrogens with one attached hydrogen (secondary N) is 1. The Morgan fingerprint density at radius 1 is 1.26 bits per heavy atom. The third-order valence-corrected chi connectivity index (χ3v) is 4.61. The summed E-state index contributed by atoms with van der Waals surface area (Å²) < 4.78 is 4.70. The third-order valence-electron chi connectivity index (χ3n) is 3.37. The van der Waals surface area contributed by atoms with Gasteiger partial charge in [0.25, 0.3) is 0 Å². The summed E-state index contributed by atoms with van der Waals surface area (Å²) in [6.07, 6.45) is 1.10. The van der Waals surface area contributed by atoms with E-state index in [9.17, 15) is 9.59 Å². The van der Waals surface area contributed by atoms with Gasteiger partial charge in [-0.2, -0.15) is 0 Å². The number of carbonyl (C=O) groups is 2. The molecule has 6 heteroatoms. The standard InChI is InChI=1S/C17H18ClNO3S/c1-22-17(21)11-14(15-3-2-10-23-15)19-16(20)9-6-12-4-7-13(18)8-5-12/h2-5,7-8,10,14H,6,9,11H2,1H3,(H,19,20). The SMILES string of the molecule is COC(=O)CC(NC(=O)CCc1ccc(Cl)cc1)c1cccs1. The largest absolute Gasteiger partial charge is 0.469 e. The Morgan fingerprint density at radius 2 is 2.00 bits per heavy atom. The van der Waals surface area contributed by atoms with Crippen molar-refractivity contribution < 1.29 is 14.3 Å². The lowest BCUT2D eigenvalue weighted by Gasteiger charge is -2.16. The number of benzene rings is 1. The number of ether oxygens (including phenoxy) is 1. The van der Waals surface area contributed by atoms with Crippen molar-refractivity contribution in [2.45, 2.75) is 25.3 Å². The van der Waals surface area contributed by atoms with E-state index in [1.165, 1.54) is 18.4 Å².